The van der Waals surface area contributed by atoms with E-state index in [-0.39, 0.29) is 17.0 Å². The van der Waals surface area contributed by atoms with E-state index in [1.807, 2.05) is 13.8 Å². The molecule has 1 N–H and O–H groups in total. The lowest BCUT2D eigenvalue weighted by molar-refractivity contribution is 0.0128. The molecule has 0 radical (unpaired) electrons. The zero-order chi connectivity index (χ0) is 17.9. The zero-order valence-electron chi connectivity index (χ0n) is 14.0. The van der Waals surface area contributed by atoms with Crippen LogP contribution in [0.25, 0.3) is 0 Å². The second kappa shape index (κ2) is 7.69. The lowest BCUT2D eigenvalue weighted by Crippen LogP contribution is -2.55. The van der Waals surface area contributed by atoms with Gasteiger partial charge >= 0.3 is 10.2 Å². The molecule has 2 rings (SSSR count). The van der Waals surface area contributed by atoms with Gasteiger partial charge in [0.1, 0.15) is 0 Å². The molecule has 0 bridgehead atoms. The van der Waals surface area contributed by atoms with Gasteiger partial charge in [0.2, 0.25) is 0 Å². The van der Waals surface area contributed by atoms with Crippen molar-refractivity contribution in [1.82, 2.24) is 9.21 Å². The standard InChI is InChI=1S/C15H22ClN3O4S/c1-4-18(5-2)15(20)13-7-6-11(8-14(13)16)17-24(21,22)19-9-12(10-19)23-3/h6-8,12,17H,4-5,9-10H2,1-3H3. The lowest BCUT2D eigenvalue weighted by Gasteiger charge is -2.36. The van der Waals surface area contributed by atoms with Crippen LogP contribution in [-0.4, -0.2) is 62.9 Å². The topological polar surface area (TPSA) is 79.0 Å². The Hall–Kier alpha value is -1.35. The summed E-state index contributed by atoms with van der Waals surface area (Å²) in [6, 6.07) is 4.52. The normalized spacial score (nSPS) is 15.8. The molecule has 0 aromatic heterocycles. The van der Waals surface area contributed by atoms with E-state index in [0.29, 0.717) is 37.4 Å². The molecule has 1 aromatic rings. The van der Waals surface area contributed by atoms with Crippen LogP contribution < -0.4 is 4.72 Å². The third-order valence-electron chi connectivity index (χ3n) is 3.98. The second-order valence-electron chi connectivity index (χ2n) is 5.45. The summed E-state index contributed by atoms with van der Waals surface area (Å²) in [5, 5.41) is 0.213. The van der Waals surface area contributed by atoms with Gasteiger partial charge in [-0.2, -0.15) is 12.7 Å². The van der Waals surface area contributed by atoms with Crippen molar-refractivity contribution in [3.8, 4) is 0 Å². The minimum atomic E-state index is -3.65. The molecule has 0 unspecified atom stereocenters. The average molecular weight is 376 g/mol. The van der Waals surface area contributed by atoms with Crippen LogP contribution >= 0.6 is 11.6 Å². The number of carbonyl (C=O) groups is 1. The Labute approximate surface area is 147 Å². The van der Waals surface area contributed by atoms with Crippen LogP contribution in [0.2, 0.25) is 5.02 Å². The summed E-state index contributed by atoms with van der Waals surface area (Å²) in [5.41, 5.74) is 0.670. The third-order valence-corrected chi connectivity index (χ3v) is 5.77. The van der Waals surface area contributed by atoms with E-state index in [2.05, 4.69) is 4.72 Å². The number of rotatable bonds is 7. The fraction of sp³-hybridized carbons (Fsp3) is 0.533. The number of benzene rings is 1. The predicted molar refractivity (Wildman–Crippen MR) is 93.6 cm³/mol. The first kappa shape index (κ1) is 19.0. The molecule has 1 fully saturated rings. The Balaban J connectivity index is 2.11. The molecule has 0 saturated carbocycles. The summed E-state index contributed by atoms with van der Waals surface area (Å²) < 4.78 is 33.2. The summed E-state index contributed by atoms with van der Waals surface area (Å²) in [6.07, 6.45) is -0.0702. The van der Waals surface area contributed by atoms with Crippen LogP contribution in [0.3, 0.4) is 0 Å². The van der Waals surface area contributed by atoms with Gasteiger partial charge in [-0.15, -0.1) is 0 Å². The minimum Gasteiger partial charge on any atom is -0.379 e. The van der Waals surface area contributed by atoms with E-state index >= 15 is 0 Å². The van der Waals surface area contributed by atoms with Crippen molar-refractivity contribution in [2.75, 3.05) is 38.0 Å². The third kappa shape index (κ3) is 4.00. The molecule has 0 spiro atoms. The van der Waals surface area contributed by atoms with E-state index in [9.17, 15) is 13.2 Å². The largest absolute Gasteiger partial charge is 0.379 e. The molecule has 1 aliphatic heterocycles. The summed E-state index contributed by atoms with van der Waals surface area (Å²) in [6.45, 7) is 5.57. The zero-order valence-corrected chi connectivity index (χ0v) is 15.5. The van der Waals surface area contributed by atoms with Crippen molar-refractivity contribution in [3.63, 3.8) is 0 Å². The van der Waals surface area contributed by atoms with E-state index in [4.69, 9.17) is 16.3 Å². The Morgan fingerprint density at radius 1 is 1.38 bits per heavy atom. The first-order valence-corrected chi connectivity index (χ1v) is 9.53. The summed E-state index contributed by atoms with van der Waals surface area (Å²) >= 11 is 6.17. The second-order valence-corrected chi connectivity index (χ2v) is 7.53. The van der Waals surface area contributed by atoms with Crippen molar-refractivity contribution in [1.29, 1.82) is 0 Å². The molecule has 1 heterocycles. The molecular formula is C15H22ClN3O4S. The van der Waals surface area contributed by atoms with E-state index in [0.717, 1.165) is 0 Å². The first-order chi connectivity index (χ1) is 11.3. The van der Waals surface area contributed by atoms with Crippen molar-refractivity contribution in [3.05, 3.63) is 28.8 Å². The van der Waals surface area contributed by atoms with Gasteiger partial charge in [0.25, 0.3) is 5.91 Å². The molecule has 1 aromatic carbocycles. The number of carbonyl (C=O) groups excluding carboxylic acids is 1. The molecule has 9 heteroatoms. The summed E-state index contributed by atoms with van der Waals surface area (Å²) in [5.74, 6) is -0.176. The van der Waals surface area contributed by atoms with E-state index in [1.165, 1.54) is 22.5 Å². The number of hydrogen-bond acceptors (Lipinski definition) is 4. The molecule has 1 saturated heterocycles. The van der Waals surface area contributed by atoms with E-state index in [1.54, 1.807) is 12.0 Å². The fourth-order valence-electron chi connectivity index (χ4n) is 2.39. The van der Waals surface area contributed by atoms with Gasteiger partial charge in [-0.05, 0) is 32.0 Å². The molecule has 0 aliphatic carbocycles. The smallest absolute Gasteiger partial charge is 0.301 e. The van der Waals surface area contributed by atoms with Crippen LogP contribution in [0.1, 0.15) is 24.2 Å². The minimum absolute atomic E-state index is 0.0702. The van der Waals surface area contributed by atoms with E-state index < -0.39 is 10.2 Å². The maximum atomic E-state index is 12.3. The Morgan fingerprint density at radius 3 is 2.50 bits per heavy atom. The SMILES string of the molecule is CCN(CC)C(=O)c1ccc(NS(=O)(=O)N2CC(OC)C2)cc1Cl. The molecule has 1 amide bonds. The summed E-state index contributed by atoms with van der Waals surface area (Å²) in [7, 11) is -2.10. The Kier molecular flexibility index (Phi) is 6.08. The first-order valence-electron chi connectivity index (χ1n) is 7.71. The Bertz CT molecular complexity index is 701. The molecule has 1 aliphatic rings. The van der Waals surface area contributed by atoms with Crippen LogP contribution in [0.15, 0.2) is 18.2 Å². The summed E-state index contributed by atoms with van der Waals surface area (Å²) in [4.78, 5) is 14.0. The van der Waals surface area contributed by atoms with Crippen molar-refractivity contribution in [2.45, 2.75) is 20.0 Å². The van der Waals surface area contributed by atoms with Gasteiger partial charge in [-0.3, -0.25) is 9.52 Å². The monoisotopic (exact) mass is 375 g/mol. The van der Waals surface area contributed by atoms with Gasteiger partial charge in [-0.1, -0.05) is 11.6 Å². The number of nitrogens with zero attached hydrogens (tertiary/aromatic N) is 2. The Morgan fingerprint density at radius 2 is 2.00 bits per heavy atom. The predicted octanol–water partition coefficient (Wildman–Crippen LogP) is 1.81. The maximum Gasteiger partial charge on any atom is 0.301 e. The van der Waals surface area contributed by atoms with Gasteiger partial charge < -0.3 is 9.64 Å². The van der Waals surface area contributed by atoms with Crippen molar-refractivity contribution < 1.29 is 17.9 Å². The molecule has 0 atom stereocenters. The van der Waals surface area contributed by atoms with Crippen LogP contribution in [0.5, 0.6) is 0 Å². The highest BCUT2D eigenvalue weighted by atomic mass is 35.5. The van der Waals surface area contributed by atoms with Gasteiger partial charge in [0, 0.05) is 33.3 Å². The van der Waals surface area contributed by atoms with Crippen LogP contribution in [0, 0.1) is 0 Å². The van der Waals surface area contributed by atoms with Crippen LogP contribution in [0.4, 0.5) is 5.69 Å². The number of ether oxygens (including phenoxy) is 1. The number of methoxy groups -OCH3 is 1. The molecule has 7 nitrogen and oxygen atoms in total. The highest BCUT2D eigenvalue weighted by Gasteiger charge is 2.35. The molecule has 24 heavy (non-hydrogen) atoms. The number of hydrogen-bond donors (Lipinski definition) is 1. The fourth-order valence-corrected chi connectivity index (χ4v) is 3.93. The number of amides is 1. The molecular weight excluding hydrogens is 354 g/mol. The van der Waals surface area contributed by atoms with Gasteiger partial charge in [-0.25, -0.2) is 0 Å². The number of nitrogens with one attached hydrogen (secondary N) is 1. The highest BCUT2D eigenvalue weighted by molar-refractivity contribution is 7.90. The van der Waals surface area contributed by atoms with Gasteiger partial charge in [0.05, 0.1) is 22.4 Å². The molecule has 134 valence electrons. The average Bonchev–Trinajstić information content (AvgIpc) is 2.46. The number of halogens is 1. The van der Waals surface area contributed by atoms with Crippen molar-refractivity contribution in [2.24, 2.45) is 0 Å². The van der Waals surface area contributed by atoms with Crippen molar-refractivity contribution >= 4 is 33.4 Å². The number of anilines is 1. The quantitative estimate of drug-likeness (QED) is 0.788. The lowest BCUT2D eigenvalue weighted by atomic mass is 10.2. The van der Waals surface area contributed by atoms with Gasteiger partial charge in [0.15, 0.2) is 0 Å². The highest BCUT2D eigenvalue weighted by Crippen LogP contribution is 2.25. The van der Waals surface area contributed by atoms with Crippen LogP contribution in [-0.2, 0) is 14.9 Å². The maximum absolute atomic E-state index is 12.3.